The zero-order valence-electron chi connectivity index (χ0n) is 19.7. The van der Waals surface area contributed by atoms with E-state index in [0.29, 0.717) is 37.6 Å². The lowest BCUT2D eigenvalue weighted by atomic mass is 10.0. The smallest absolute Gasteiger partial charge is 0.243 e. The second kappa shape index (κ2) is 9.83. The van der Waals surface area contributed by atoms with Gasteiger partial charge in [-0.25, -0.2) is 8.42 Å². The third kappa shape index (κ3) is 5.08. The lowest BCUT2D eigenvalue weighted by Crippen LogP contribution is -2.52. The molecule has 2 aliphatic heterocycles. The van der Waals surface area contributed by atoms with Crippen molar-refractivity contribution in [2.24, 2.45) is 0 Å². The number of rotatable bonds is 6. The molecule has 0 radical (unpaired) electrons. The van der Waals surface area contributed by atoms with Crippen LogP contribution in [0.25, 0.3) is 0 Å². The molecular weight excluding hydrogens is 438 g/mol. The Labute approximate surface area is 197 Å². The summed E-state index contributed by atoms with van der Waals surface area (Å²) >= 11 is 0. The lowest BCUT2D eigenvalue weighted by molar-refractivity contribution is -0.133. The van der Waals surface area contributed by atoms with E-state index in [4.69, 9.17) is 4.74 Å². The number of carbonyl (C=O) groups is 1. The van der Waals surface area contributed by atoms with Crippen molar-refractivity contribution >= 4 is 15.9 Å². The van der Waals surface area contributed by atoms with E-state index in [0.717, 1.165) is 36.3 Å². The third-order valence-corrected chi connectivity index (χ3v) is 8.80. The molecule has 2 saturated heterocycles. The van der Waals surface area contributed by atoms with Crippen molar-refractivity contribution in [1.29, 1.82) is 0 Å². The minimum Gasteiger partial charge on any atom is -0.497 e. The molecule has 1 unspecified atom stereocenters. The lowest BCUT2D eigenvalue weighted by Gasteiger charge is -2.35. The van der Waals surface area contributed by atoms with Gasteiger partial charge in [0.1, 0.15) is 5.75 Å². The van der Waals surface area contributed by atoms with Crippen LogP contribution in [-0.4, -0.2) is 74.8 Å². The van der Waals surface area contributed by atoms with Crippen LogP contribution in [0.5, 0.6) is 5.75 Å². The highest BCUT2D eigenvalue weighted by atomic mass is 32.2. The number of piperazine rings is 1. The van der Waals surface area contributed by atoms with Crippen LogP contribution >= 0.6 is 0 Å². The van der Waals surface area contributed by atoms with Crippen molar-refractivity contribution in [3.63, 3.8) is 0 Å². The number of amides is 1. The van der Waals surface area contributed by atoms with Gasteiger partial charge in [-0.05, 0) is 74.2 Å². The summed E-state index contributed by atoms with van der Waals surface area (Å²) in [6, 6.07) is 13.5. The maximum atomic E-state index is 13.1. The molecule has 2 heterocycles. The minimum absolute atomic E-state index is 0.0682. The van der Waals surface area contributed by atoms with Gasteiger partial charge in [-0.2, -0.15) is 4.31 Å². The fraction of sp³-hybridized carbons (Fsp3) is 0.480. The first-order valence-electron chi connectivity index (χ1n) is 11.5. The number of aryl methyl sites for hydroxylation is 2. The first-order chi connectivity index (χ1) is 15.8. The number of benzene rings is 2. The van der Waals surface area contributed by atoms with Gasteiger partial charge in [-0.15, -0.1) is 0 Å². The molecule has 2 aromatic carbocycles. The van der Waals surface area contributed by atoms with Crippen molar-refractivity contribution in [3.05, 3.63) is 59.2 Å². The summed E-state index contributed by atoms with van der Waals surface area (Å²) in [5, 5.41) is 0. The van der Waals surface area contributed by atoms with Gasteiger partial charge in [0.2, 0.25) is 15.9 Å². The molecule has 1 amide bonds. The van der Waals surface area contributed by atoms with Crippen LogP contribution in [0, 0.1) is 13.8 Å². The average Bonchev–Trinajstić information content (AvgIpc) is 3.29. The summed E-state index contributed by atoms with van der Waals surface area (Å²) in [4.78, 5) is 17.4. The zero-order valence-corrected chi connectivity index (χ0v) is 20.5. The maximum absolute atomic E-state index is 13.1. The van der Waals surface area contributed by atoms with E-state index in [1.54, 1.807) is 24.1 Å². The van der Waals surface area contributed by atoms with Crippen molar-refractivity contribution in [1.82, 2.24) is 14.1 Å². The molecule has 4 rings (SSSR count). The molecule has 0 N–H and O–H groups in total. The molecule has 8 heteroatoms. The summed E-state index contributed by atoms with van der Waals surface area (Å²) < 4.78 is 32.9. The highest BCUT2D eigenvalue weighted by molar-refractivity contribution is 7.89. The van der Waals surface area contributed by atoms with Gasteiger partial charge < -0.3 is 9.64 Å². The summed E-state index contributed by atoms with van der Waals surface area (Å²) in [5.74, 6) is 0.895. The van der Waals surface area contributed by atoms with E-state index >= 15 is 0 Å². The molecular formula is C25H33N3O4S. The van der Waals surface area contributed by atoms with E-state index in [9.17, 15) is 13.2 Å². The number of ether oxygens (including phenoxy) is 1. The molecule has 33 heavy (non-hydrogen) atoms. The van der Waals surface area contributed by atoms with Crippen LogP contribution in [-0.2, 0) is 14.8 Å². The van der Waals surface area contributed by atoms with Gasteiger partial charge in [0.25, 0.3) is 0 Å². The largest absolute Gasteiger partial charge is 0.497 e. The monoisotopic (exact) mass is 471 g/mol. The van der Waals surface area contributed by atoms with E-state index in [2.05, 4.69) is 17.0 Å². The summed E-state index contributed by atoms with van der Waals surface area (Å²) in [7, 11) is -1.89. The quantitative estimate of drug-likeness (QED) is 0.648. The van der Waals surface area contributed by atoms with Crippen molar-refractivity contribution in [2.75, 3.05) is 46.4 Å². The van der Waals surface area contributed by atoms with Crippen LogP contribution in [0.1, 0.15) is 35.6 Å². The molecule has 7 nitrogen and oxygen atoms in total. The molecule has 2 aliphatic rings. The van der Waals surface area contributed by atoms with Crippen LogP contribution in [0.4, 0.5) is 0 Å². The average molecular weight is 472 g/mol. The van der Waals surface area contributed by atoms with Crippen molar-refractivity contribution in [3.8, 4) is 5.75 Å². The highest BCUT2D eigenvalue weighted by Crippen LogP contribution is 2.32. The molecule has 0 spiro atoms. The number of methoxy groups -OCH3 is 1. The molecule has 2 fully saturated rings. The predicted molar refractivity (Wildman–Crippen MR) is 128 cm³/mol. The van der Waals surface area contributed by atoms with Gasteiger partial charge in [-0.3, -0.25) is 9.69 Å². The molecule has 178 valence electrons. The fourth-order valence-corrected chi connectivity index (χ4v) is 6.20. The number of sulfonamides is 1. The van der Waals surface area contributed by atoms with Gasteiger partial charge in [0, 0.05) is 32.2 Å². The minimum atomic E-state index is -3.55. The normalized spacial score (nSPS) is 20.2. The second-order valence-corrected chi connectivity index (χ2v) is 10.9. The predicted octanol–water partition coefficient (Wildman–Crippen LogP) is 2.98. The standard InChI is InChI=1S/C25H33N3O4S/c1-19-6-11-23(17-20(19)2)33(30,31)28-15-13-26(14-16-28)25(29)18-27-12-4-5-24(27)21-7-9-22(32-3)10-8-21/h6-11,17,24H,4-5,12-16,18H2,1-3H3. The Bertz CT molecular complexity index is 1090. The summed E-state index contributed by atoms with van der Waals surface area (Å²) in [6.45, 7) is 6.63. The van der Waals surface area contributed by atoms with Crippen LogP contribution in [0.2, 0.25) is 0 Å². The number of nitrogens with zero attached hydrogens (tertiary/aromatic N) is 3. The van der Waals surface area contributed by atoms with Crippen LogP contribution in [0.15, 0.2) is 47.4 Å². The van der Waals surface area contributed by atoms with E-state index in [1.165, 1.54) is 9.87 Å². The Hall–Kier alpha value is -2.42. The van der Waals surface area contributed by atoms with E-state index < -0.39 is 10.0 Å². The molecule has 0 aliphatic carbocycles. The second-order valence-electron chi connectivity index (χ2n) is 8.93. The summed E-state index contributed by atoms with van der Waals surface area (Å²) in [6.07, 6.45) is 2.09. The topological polar surface area (TPSA) is 70.2 Å². The maximum Gasteiger partial charge on any atom is 0.243 e. The summed E-state index contributed by atoms with van der Waals surface area (Å²) in [5.41, 5.74) is 3.23. The first-order valence-corrected chi connectivity index (χ1v) is 13.0. The molecule has 0 saturated carbocycles. The molecule has 0 bridgehead atoms. The van der Waals surface area contributed by atoms with Crippen LogP contribution < -0.4 is 4.74 Å². The van der Waals surface area contributed by atoms with Crippen LogP contribution in [0.3, 0.4) is 0 Å². The van der Waals surface area contributed by atoms with Gasteiger partial charge in [-0.1, -0.05) is 18.2 Å². The molecule has 0 aromatic heterocycles. The van der Waals surface area contributed by atoms with Gasteiger partial charge in [0.15, 0.2) is 0 Å². The molecule has 2 aromatic rings. The van der Waals surface area contributed by atoms with Crippen molar-refractivity contribution in [2.45, 2.75) is 37.6 Å². The highest BCUT2D eigenvalue weighted by Gasteiger charge is 2.33. The Balaban J connectivity index is 1.35. The number of carbonyl (C=O) groups excluding carboxylic acids is 1. The Morgan fingerprint density at radius 1 is 0.970 bits per heavy atom. The Kier molecular flexibility index (Phi) is 7.07. The van der Waals surface area contributed by atoms with E-state index in [-0.39, 0.29) is 11.9 Å². The van der Waals surface area contributed by atoms with E-state index in [1.807, 2.05) is 32.0 Å². The first kappa shape index (κ1) is 23.7. The molecule has 1 atom stereocenters. The Morgan fingerprint density at radius 3 is 2.30 bits per heavy atom. The SMILES string of the molecule is COc1ccc(C2CCCN2CC(=O)N2CCN(S(=O)(=O)c3ccc(C)c(C)c3)CC2)cc1. The van der Waals surface area contributed by atoms with Gasteiger partial charge in [0.05, 0.1) is 18.6 Å². The Morgan fingerprint density at radius 2 is 1.67 bits per heavy atom. The number of hydrogen-bond donors (Lipinski definition) is 0. The number of likely N-dealkylation sites (tertiary alicyclic amines) is 1. The number of hydrogen-bond acceptors (Lipinski definition) is 5. The van der Waals surface area contributed by atoms with Crippen molar-refractivity contribution < 1.29 is 17.9 Å². The fourth-order valence-electron chi connectivity index (χ4n) is 4.69. The zero-order chi connectivity index (χ0) is 23.6. The van der Waals surface area contributed by atoms with Gasteiger partial charge >= 0.3 is 0 Å². The third-order valence-electron chi connectivity index (χ3n) is 6.91.